The number of benzene rings is 3. The van der Waals surface area contributed by atoms with Gasteiger partial charge in [-0.3, -0.25) is 4.90 Å². The van der Waals surface area contributed by atoms with E-state index in [0.717, 1.165) is 47.6 Å². The highest BCUT2D eigenvalue weighted by Gasteiger charge is 2.27. The molecule has 5 heteroatoms. The van der Waals surface area contributed by atoms with Crippen LogP contribution in [0.5, 0.6) is 0 Å². The van der Waals surface area contributed by atoms with Crippen molar-refractivity contribution in [2.75, 3.05) is 31.1 Å². The first-order valence-electron chi connectivity index (χ1n) is 10.6. The summed E-state index contributed by atoms with van der Waals surface area (Å²) in [5.74, 6) is 0. The summed E-state index contributed by atoms with van der Waals surface area (Å²) in [5.41, 5.74) is 4.83. The van der Waals surface area contributed by atoms with E-state index in [2.05, 4.69) is 75.8 Å². The van der Waals surface area contributed by atoms with Crippen molar-refractivity contribution in [3.8, 4) is 11.3 Å². The average molecular weight is 446 g/mol. The van der Waals surface area contributed by atoms with E-state index in [4.69, 9.17) is 16.6 Å². The zero-order valence-electron chi connectivity index (χ0n) is 17.2. The fraction of sp³-hybridized carbons (Fsp3) is 0.192. The van der Waals surface area contributed by atoms with Gasteiger partial charge in [0, 0.05) is 42.1 Å². The van der Waals surface area contributed by atoms with Gasteiger partial charge in [0.05, 0.1) is 11.7 Å². The summed E-state index contributed by atoms with van der Waals surface area (Å²) in [6, 6.07) is 29.9. The monoisotopic (exact) mass is 445 g/mol. The summed E-state index contributed by atoms with van der Waals surface area (Å²) < 4.78 is 0. The van der Waals surface area contributed by atoms with Gasteiger partial charge in [0.15, 0.2) is 5.13 Å². The molecular weight excluding hydrogens is 422 g/mol. The molecule has 0 radical (unpaired) electrons. The Bertz CT molecular complexity index is 1060. The Morgan fingerprint density at radius 2 is 1.32 bits per heavy atom. The minimum absolute atomic E-state index is 0.283. The molecule has 0 saturated carbocycles. The lowest BCUT2D eigenvalue weighted by molar-refractivity contribution is 0.212. The van der Waals surface area contributed by atoms with E-state index in [0.29, 0.717) is 0 Å². The summed E-state index contributed by atoms with van der Waals surface area (Å²) >= 11 is 7.74. The first kappa shape index (κ1) is 20.3. The van der Waals surface area contributed by atoms with Gasteiger partial charge in [-0.1, -0.05) is 84.4 Å². The van der Waals surface area contributed by atoms with Crippen molar-refractivity contribution in [2.45, 2.75) is 6.04 Å². The van der Waals surface area contributed by atoms with E-state index in [-0.39, 0.29) is 6.04 Å². The maximum atomic E-state index is 6.02. The molecule has 156 valence electrons. The lowest BCUT2D eigenvalue weighted by Crippen LogP contribution is -2.48. The van der Waals surface area contributed by atoms with Crippen LogP contribution >= 0.6 is 22.9 Å². The van der Waals surface area contributed by atoms with Crippen LogP contribution < -0.4 is 4.90 Å². The zero-order valence-corrected chi connectivity index (χ0v) is 18.8. The van der Waals surface area contributed by atoms with Crippen LogP contribution in [-0.2, 0) is 0 Å². The van der Waals surface area contributed by atoms with Crippen molar-refractivity contribution in [2.24, 2.45) is 0 Å². The Hall–Kier alpha value is -2.66. The van der Waals surface area contributed by atoms with Crippen molar-refractivity contribution in [1.82, 2.24) is 9.88 Å². The molecule has 2 heterocycles. The largest absolute Gasteiger partial charge is 0.346 e. The highest BCUT2D eigenvalue weighted by Crippen LogP contribution is 2.32. The number of nitrogens with zero attached hydrogens (tertiary/aromatic N) is 3. The molecule has 5 rings (SSSR count). The second kappa shape index (κ2) is 9.23. The van der Waals surface area contributed by atoms with Gasteiger partial charge >= 0.3 is 0 Å². The van der Waals surface area contributed by atoms with E-state index in [9.17, 15) is 0 Å². The summed E-state index contributed by atoms with van der Waals surface area (Å²) in [6.07, 6.45) is 0. The van der Waals surface area contributed by atoms with Crippen molar-refractivity contribution in [3.05, 3.63) is 106 Å². The summed E-state index contributed by atoms with van der Waals surface area (Å²) in [7, 11) is 0. The maximum absolute atomic E-state index is 6.02. The number of halogens is 1. The number of thiazole rings is 1. The maximum Gasteiger partial charge on any atom is 0.185 e. The number of rotatable bonds is 5. The fourth-order valence-electron chi connectivity index (χ4n) is 4.22. The van der Waals surface area contributed by atoms with Crippen LogP contribution in [0.1, 0.15) is 17.2 Å². The highest BCUT2D eigenvalue weighted by molar-refractivity contribution is 7.14. The third-order valence-electron chi connectivity index (χ3n) is 5.81. The van der Waals surface area contributed by atoms with Gasteiger partial charge in [0.1, 0.15) is 0 Å². The molecule has 4 aromatic rings. The normalized spacial score (nSPS) is 14.8. The summed E-state index contributed by atoms with van der Waals surface area (Å²) in [5, 5.41) is 3.99. The van der Waals surface area contributed by atoms with Gasteiger partial charge in [-0.2, -0.15) is 0 Å². The smallest absolute Gasteiger partial charge is 0.185 e. The minimum atomic E-state index is 0.283. The predicted octanol–water partition coefficient (Wildman–Crippen LogP) is 6.38. The van der Waals surface area contributed by atoms with E-state index in [1.807, 2.05) is 24.3 Å². The Labute approximate surface area is 192 Å². The quantitative estimate of drug-likeness (QED) is 0.355. The second-order valence-corrected chi connectivity index (χ2v) is 9.04. The molecule has 0 spiro atoms. The van der Waals surface area contributed by atoms with Crippen molar-refractivity contribution < 1.29 is 0 Å². The SMILES string of the molecule is Clc1ccc(-c2csc(N3CCN(C(c4ccccc4)c4ccccc4)CC3)n2)cc1. The van der Waals surface area contributed by atoms with E-state index < -0.39 is 0 Å². The molecule has 0 unspecified atom stereocenters. The molecule has 0 amide bonds. The van der Waals surface area contributed by atoms with Crippen LogP contribution in [0.15, 0.2) is 90.3 Å². The molecule has 1 aliphatic rings. The van der Waals surface area contributed by atoms with Crippen molar-refractivity contribution in [3.63, 3.8) is 0 Å². The fourth-order valence-corrected chi connectivity index (χ4v) is 5.23. The van der Waals surface area contributed by atoms with Gasteiger partial charge in [-0.05, 0) is 23.3 Å². The van der Waals surface area contributed by atoms with Gasteiger partial charge in [0.2, 0.25) is 0 Å². The molecule has 0 aliphatic carbocycles. The van der Waals surface area contributed by atoms with Crippen LogP contribution in [-0.4, -0.2) is 36.1 Å². The predicted molar refractivity (Wildman–Crippen MR) is 131 cm³/mol. The first-order chi connectivity index (χ1) is 15.3. The minimum Gasteiger partial charge on any atom is -0.346 e. The number of hydrogen-bond donors (Lipinski definition) is 0. The lowest BCUT2D eigenvalue weighted by atomic mass is 9.96. The van der Waals surface area contributed by atoms with Gasteiger partial charge in [-0.25, -0.2) is 4.98 Å². The van der Waals surface area contributed by atoms with Crippen LogP contribution in [0.2, 0.25) is 5.02 Å². The number of anilines is 1. The number of hydrogen-bond acceptors (Lipinski definition) is 4. The molecule has 1 aliphatic heterocycles. The van der Waals surface area contributed by atoms with E-state index >= 15 is 0 Å². The van der Waals surface area contributed by atoms with Gasteiger partial charge in [-0.15, -0.1) is 11.3 Å². The third-order valence-corrected chi connectivity index (χ3v) is 6.97. The van der Waals surface area contributed by atoms with Crippen LogP contribution in [0.25, 0.3) is 11.3 Å². The first-order valence-corrected chi connectivity index (χ1v) is 11.8. The molecule has 31 heavy (non-hydrogen) atoms. The molecule has 1 aromatic heterocycles. The van der Waals surface area contributed by atoms with Crippen molar-refractivity contribution in [1.29, 1.82) is 0 Å². The molecule has 1 fully saturated rings. The standard InChI is InChI=1S/C26H24ClN3S/c27-23-13-11-20(12-14-23)24-19-31-26(28-24)30-17-15-29(16-18-30)25(21-7-3-1-4-8-21)22-9-5-2-6-10-22/h1-14,19,25H,15-18H2. The van der Waals surface area contributed by atoms with Crippen LogP contribution in [0, 0.1) is 0 Å². The molecule has 0 bridgehead atoms. The Kier molecular flexibility index (Phi) is 6.03. The number of piperazine rings is 1. The second-order valence-electron chi connectivity index (χ2n) is 7.77. The lowest BCUT2D eigenvalue weighted by Gasteiger charge is -2.39. The van der Waals surface area contributed by atoms with Crippen molar-refractivity contribution >= 4 is 28.1 Å². The van der Waals surface area contributed by atoms with Crippen LogP contribution in [0.3, 0.4) is 0 Å². The van der Waals surface area contributed by atoms with Gasteiger partial charge < -0.3 is 4.90 Å². The molecule has 3 nitrogen and oxygen atoms in total. The Balaban J connectivity index is 1.32. The van der Waals surface area contributed by atoms with Crippen LogP contribution in [0.4, 0.5) is 5.13 Å². The molecule has 3 aromatic carbocycles. The topological polar surface area (TPSA) is 19.4 Å². The molecule has 0 N–H and O–H groups in total. The third kappa shape index (κ3) is 4.52. The van der Waals surface area contributed by atoms with Gasteiger partial charge in [0.25, 0.3) is 0 Å². The summed E-state index contributed by atoms with van der Waals surface area (Å²) in [6.45, 7) is 3.96. The summed E-state index contributed by atoms with van der Waals surface area (Å²) in [4.78, 5) is 9.91. The van der Waals surface area contributed by atoms with E-state index in [1.165, 1.54) is 11.1 Å². The zero-order chi connectivity index (χ0) is 21.0. The Morgan fingerprint density at radius 3 is 1.90 bits per heavy atom. The molecular formula is C26H24ClN3S. The molecule has 0 atom stereocenters. The highest BCUT2D eigenvalue weighted by atomic mass is 35.5. The Morgan fingerprint density at radius 1 is 0.742 bits per heavy atom. The molecule has 1 saturated heterocycles. The van der Waals surface area contributed by atoms with E-state index in [1.54, 1.807) is 11.3 Å². The average Bonchev–Trinajstić information content (AvgIpc) is 3.32. The number of aromatic nitrogens is 1.